The Balaban J connectivity index is 1.40. The molecular formula is C26H32N4O2. The summed E-state index contributed by atoms with van der Waals surface area (Å²) in [6, 6.07) is 20.8. The van der Waals surface area contributed by atoms with Gasteiger partial charge < -0.3 is 9.64 Å². The molecule has 0 radical (unpaired) electrons. The van der Waals surface area contributed by atoms with Crippen LogP contribution >= 0.6 is 0 Å². The summed E-state index contributed by atoms with van der Waals surface area (Å²) in [7, 11) is 3.82. The van der Waals surface area contributed by atoms with Crippen LogP contribution in [0.25, 0.3) is 11.3 Å². The molecule has 1 aromatic heterocycles. The van der Waals surface area contributed by atoms with E-state index < -0.39 is 0 Å². The molecule has 1 aliphatic rings. The number of benzene rings is 2. The number of H-pyrrole nitrogens is 1. The summed E-state index contributed by atoms with van der Waals surface area (Å²) in [5.74, 6) is 1.05. The van der Waals surface area contributed by atoms with Crippen molar-refractivity contribution in [2.75, 3.05) is 20.7 Å². The van der Waals surface area contributed by atoms with E-state index in [-0.39, 0.29) is 11.9 Å². The first-order valence-corrected chi connectivity index (χ1v) is 11.3. The fourth-order valence-corrected chi connectivity index (χ4v) is 4.43. The fraction of sp³-hybridized carbons (Fsp3) is 0.385. The number of carbonyl (C=O) groups excluding carboxylic acids is 1. The van der Waals surface area contributed by atoms with Crippen LogP contribution in [0.4, 0.5) is 0 Å². The maximum Gasteiger partial charge on any atom is 0.222 e. The van der Waals surface area contributed by atoms with Gasteiger partial charge in [-0.3, -0.25) is 14.8 Å². The number of ether oxygens (including phenoxy) is 1. The molecule has 0 saturated carbocycles. The Bertz CT molecular complexity index is 1030. The minimum absolute atomic E-state index is 0.185. The SMILES string of the molecule is COc1cccc(CN2CC[C@H](N(C)[C@@H](C)c3cc(-c4ccccc4)n[nH]3)CCC2=O)c1. The van der Waals surface area contributed by atoms with E-state index in [2.05, 4.69) is 53.3 Å². The van der Waals surface area contributed by atoms with Crippen molar-refractivity contribution in [3.8, 4) is 17.0 Å². The number of rotatable bonds is 7. The number of aromatic nitrogens is 2. The summed E-state index contributed by atoms with van der Waals surface area (Å²) in [4.78, 5) is 17.2. The third-order valence-electron chi connectivity index (χ3n) is 6.59. The van der Waals surface area contributed by atoms with Gasteiger partial charge in [-0.15, -0.1) is 0 Å². The number of nitrogens with one attached hydrogen (secondary N) is 1. The van der Waals surface area contributed by atoms with E-state index in [0.29, 0.717) is 19.0 Å². The number of methoxy groups -OCH3 is 1. The van der Waals surface area contributed by atoms with Crippen LogP contribution in [0.5, 0.6) is 5.75 Å². The Kier molecular flexibility index (Phi) is 6.90. The molecule has 4 rings (SSSR count). The maximum atomic E-state index is 12.8. The topological polar surface area (TPSA) is 61.5 Å². The van der Waals surface area contributed by atoms with E-state index in [0.717, 1.165) is 47.7 Å². The van der Waals surface area contributed by atoms with Crippen LogP contribution in [0.1, 0.15) is 43.5 Å². The van der Waals surface area contributed by atoms with Gasteiger partial charge in [-0.05, 0) is 50.6 Å². The average Bonchev–Trinajstić information content (AvgIpc) is 3.26. The lowest BCUT2D eigenvalue weighted by molar-refractivity contribution is -0.131. The second kappa shape index (κ2) is 10.0. The molecule has 0 bridgehead atoms. The molecule has 1 amide bonds. The lowest BCUT2D eigenvalue weighted by atomic mass is 10.0. The van der Waals surface area contributed by atoms with Crippen LogP contribution in [-0.4, -0.2) is 52.6 Å². The second-order valence-electron chi connectivity index (χ2n) is 8.56. The van der Waals surface area contributed by atoms with Gasteiger partial charge in [0.2, 0.25) is 5.91 Å². The number of hydrogen-bond donors (Lipinski definition) is 1. The highest BCUT2D eigenvalue weighted by Crippen LogP contribution is 2.28. The second-order valence-corrected chi connectivity index (χ2v) is 8.56. The van der Waals surface area contributed by atoms with Crippen LogP contribution in [0.2, 0.25) is 0 Å². The van der Waals surface area contributed by atoms with E-state index >= 15 is 0 Å². The summed E-state index contributed by atoms with van der Waals surface area (Å²) >= 11 is 0. The van der Waals surface area contributed by atoms with Gasteiger partial charge in [-0.2, -0.15) is 5.10 Å². The number of likely N-dealkylation sites (tertiary alicyclic amines) is 1. The maximum absolute atomic E-state index is 12.8. The third-order valence-corrected chi connectivity index (χ3v) is 6.59. The number of hydrogen-bond acceptors (Lipinski definition) is 4. The molecule has 32 heavy (non-hydrogen) atoms. The van der Waals surface area contributed by atoms with Crippen LogP contribution in [0.3, 0.4) is 0 Å². The Morgan fingerprint density at radius 2 is 1.97 bits per heavy atom. The fourth-order valence-electron chi connectivity index (χ4n) is 4.43. The minimum atomic E-state index is 0.185. The normalized spacial score (nSPS) is 17.9. The molecule has 3 aromatic rings. The molecule has 1 saturated heterocycles. The monoisotopic (exact) mass is 432 g/mol. The van der Waals surface area contributed by atoms with Gasteiger partial charge >= 0.3 is 0 Å². The van der Waals surface area contributed by atoms with Crippen LogP contribution in [0.15, 0.2) is 60.7 Å². The summed E-state index contributed by atoms with van der Waals surface area (Å²) in [6.45, 7) is 3.59. The predicted molar refractivity (Wildman–Crippen MR) is 126 cm³/mol. The Morgan fingerprint density at radius 1 is 1.16 bits per heavy atom. The summed E-state index contributed by atoms with van der Waals surface area (Å²) in [6.07, 6.45) is 2.40. The number of carbonyl (C=O) groups is 1. The van der Waals surface area contributed by atoms with Crippen molar-refractivity contribution in [3.63, 3.8) is 0 Å². The number of nitrogens with zero attached hydrogens (tertiary/aromatic N) is 3. The molecule has 1 aliphatic heterocycles. The van der Waals surface area contributed by atoms with E-state index in [1.807, 2.05) is 41.3 Å². The average molecular weight is 433 g/mol. The molecule has 1 fully saturated rings. The number of amides is 1. The Labute approximate surface area is 190 Å². The van der Waals surface area contributed by atoms with Crippen molar-refractivity contribution in [2.24, 2.45) is 0 Å². The van der Waals surface area contributed by atoms with Gasteiger partial charge in [0.1, 0.15) is 5.75 Å². The van der Waals surface area contributed by atoms with Crippen molar-refractivity contribution in [3.05, 3.63) is 71.9 Å². The lowest BCUT2D eigenvalue weighted by Crippen LogP contribution is -2.35. The molecule has 6 heteroatoms. The largest absolute Gasteiger partial charge is 0.497 e. The van der Waals surface area contributed by atoms with Crippen molar-refractivity contribution in [1.29, 1.82) is 0 Å². The molecule has 0 spiro atoms. The van der Waals surface area contributed by atoms with Crippen LogP contribution < -0.4 is 4.74 Å². The Morgan fingerprint density at radius 3 is 2.75 bits per heavy atom. The minimum Gasteiger partial charge on any atom is -0.497 e. The molecule has 1 N–H and O–H groups in total. The molecule has 2 atom stereocenters. The summed E-state index contributed by atoms with van der Waals surface area (Å²) < 4.78 is 5.32. The van der Waals surface area contributed by atoms with E-state index in [9.17, 15) is 4.79 Å². The summed E-state index contributed by atoms with van der Waals surface area (Å²) in [5.41, 5.74) is 4.26. The smallest absolute Gasteiger partial charge is 0.222 e. The van der Waals surface area contributed by atoms with Crippen molar-refractivity contribution >= 4 is 5.91 Å². The standard InChI is InChI=1S/C26H32N4O2/c1-19(24-17-25(28-27-24)21-9-5-4-6-10-21)29(2)22-12-13-26(31)30(15-14-22)18-20-8-7-11-23(16-20)32-3/h4-11,16-17,19,22H,12-15,18H2,1-3H3,(H,27,28)/t19-,22+/m0/s1. The van der Waals surface area contributed by atoms with Gasteiger partial charge in [0.05, 0.1) is 18.5 Å². The molecule has 2 heterocycles. The zero-order valence-electron chi connectivity index (χ0n) is 19.1. The first-order chi connectivity index (χ1) is 15.5. The molecular weight excluding hydrogens is 400 g/mol. The van der Waals surface area contributed by atoms with Crippen molar-refractivity contribution in [1.82, 2.24) is 20.0 Å². The predicted octanol–water partition coefficient (Wildman–Crippen LogP) is 4.66. The zero-order valence-corrected chi connectivity index (χ0v) is 19.1. The molecule has 0 aliphatic carbocycles. The highest BCUT2D eigenvalue weighted by Gasteiger charge is 2.28. The first-order valence-electron chi connectivity index (χ1n) is 11.3. The zero-order chi connectivity index (χ0) is 22.5. The molecule has 0 unspecified atom stereocenters. The van der Waals surface area contributed by atoms with Crippen molar-refractivity contribution < 1.29 is 9.53 Å². The van der Waals surface area contributed by atoms with Gasteiger partial charge in [0.25, 0.3) is 0 Å². The lowest BCUT2D eigenvalue weighted by Gasteiger charge is -2.32. The van der Waals surface area contributed by atoms with E-state index in [1.165, 1.54) is 0 Å². The van der Waals surface area contributed by atoms with Gasteiger partial charge in [-0.25, -0.2) is 0 Å². The quantitative estimate of drug-likeness (QED) is 0.590. The Hall–Kier alpha value is -3.12. The number of aromatic amines is 1. The molecule has 168 valence electrons. The highest BCUT2D eigenvalue weighted by atomic mass is 16.5. The highest BCUT2D eigenvalue weighted by molar-refractivity contribution is 5.76. The van der Waals surface area contributed by atoms with Crippen LogP contribution in [-0.2, 0) is 11.3 Å². The van der Waals surface area contributed by atoms with E-state index in [4.69, 9.17) is 4.74 Å². The van der Waals surface area contributed by atoms with Crippen LogP contribution in [0, 0.1) is 0 Å². The first kappa shape index (κ1) is 22.1. The molecule has 6 nitrogen and oxygen atoms in total. The van der Waals surface area contributed by atoms with Gasteiger partial charge in [-0.1, -0.05) is 42.5 Å². The summed E-state index contributed by atoms with van der Waals surface area (Å²) in [5, 5.41) is 7.73. The van der Waals surface area contributed by atoms with Crippen molar-refractivity contribution in [2.45, 2.75) is 44.8 Å². The van der Waals surface area contributed by atoms with Gasteiger partial charge in [0.15, 0.2) is 0 Å². The third kappa shape index (κ3) is 5.02. The van der Waals surface area contributed by atoms with E-state index in [1.54, 1.807) is 7.11 Å². The van der Waals surface area contributed by atoms with Gasteiger partial charge in [0, 0.05) is 37.2 Å². The molecule has 2 aromatic carbocycles.